The Kier molecular flexibility index (Phi) is 5.01. The first-order valence-electron chi connectivity index (χ1n) is 6.20. The Morgan fingerprint density at radius 1 is 1.29 bits per heavy atom. The maximum absolute atomic E-state index is 12.1. The van der Waals surface area contributed by atoms with Crippen LogP contribution in [0.1, 0.15) is 44.0 Å². The molecule has 0 aliphatic rings. The van der Waals surface area contributed by atoms with E-state index in [9.17, 15) is 4.79 Å². The van der Waals surface area contributed by atoms with Crippen LogP contribution in [0.2, 0.25) is 0 Å². The van der Waals surface area contributed by atoms with E-state index in [1.807, 2.05) is 20.8 Å². The third kappa shape index (κ3) is 3.22. The first-order valence-corrected chi connectivity index (χ1v) is 6.20. The Morgan fingerprint density at radius 3 is 2.41 bits per heavy atom. The second kappa shape index (κ2) is 6.28. The van der Waals surface area contributed by atoms with Crippen LogP contribution >= 0.6 is 0 Å². The Morgan fingerprint density at radius 2 is 1.94 bits per heavy atom. The van der Waals surface area contributed by atoms with E-state index >= 15 is 0 Å². The highest BCUT2D eigenvalue weighted by Crippen LogP contribution is 2.25. The van der Waals surface area contributed by atoms with E-state index < -0.39 is 0 Å². The smallest absolute Gasteiger partial charge is 0.165 e. The Balaban J connectivity index is 2.93. The molecule has 1 aromatic carbocycles. The number of nitrogen functional groups attached to an aromatic ring is 1. The van der Waals surface area contributed by atoms with Crippen molar-refractivity contribution in [3.63, 3.8) is 0 Å². The van der Waals surface area contributed by atoms with Gasteiger partial charge in [-0.05, 0) is 38.0 Å². The van der Waals surface area contributed by atoms with E-state index in [1.165, 1.54) is 0 Å². The molecule has 0 unspecified atom stereocenters. The number of benzene rings is 1. The predicted octanol–water partition coefficient (Wildman–Crippen LogP) is 3.29. The van der Waals surface area contributed by atoms with Crippen molar-refractivity contribution in [3.8, 4) is 5.75 Å². The van der Waals surface area contributed by atoms with Gasteiger partial charge in [0.15, 0.2) is 5.78 Å². The summed E-state index contributed by atoms with van der Waals surface area (Å²) in [5.74, 6) is 0.908. The lowest BCUT2D eigenvalue weighted by atomic mass is 9.93. The highest BCUT2D eigenvalue weighted by molar-refractivity contribution is 5.98. The molecule has 0 spiro atoms. The second-order valence-corrected chi connectivity index (χ2v) is 4.06. The minimum absolute atomic E-state index is 0.0901. The summed E-state index contributed by atoms with van der Waals surface area (Å²) in [6.07, 6.45) is 1.73. The summed E-state index contributed by atoms with van der Waals surface area (Å²) >= 11 is 0. The minimum atomic E-state index is 0.0901. The van der Waals surface area contributed by atoms with Gasteiger partial charge in [-0.1, -0.05) is 13.8 Å². The molecule has 17 heavy (non-hydrogen) atoms. The minimum Gasteiger partial charge on any atom is -0.492 e. The lowest BCUT2D eigenvalue weighted by Gasteiger charge is -2.13. The van der Waals surface area contributed by atoms with Crippen molar-refractivity contribution >= 4 is 11.5 Å². The van der Waals surface area contributed by atoms with Gasteiger partial charge in [-0.2, -0.15) is 0 Å². The number of nitrogens with two attached hydrogens (primary N) is 1. The maximum Gasteiger partial charge on any atom is 0.165 e. The molecule has 0 saturated carbocycles. The van der Waals surface area contributed by atoms with Crippen molar-refractivity contribution in [3.05, 3.63) is 23.8 Å². The van der Waals surface area contributed by atoms with Gasteiger partial charge in [0.25, 0.3) is 0 Å². The average Bonchev–Trinajstić information content (AvgIpc) is 2.33. The molecule has 94 valence electrons. The largest absolute Gasteiger partial charge is 0.492 e. The van der Waals surface area contributed by atoms with E-state index in [4.69, 9.17) is 10.5 Å². The van der Waals surface area contributed by atoms with Crippen LogP contribution in [-0.2, 0) is 0 Å². The van der Waals surface area contributed by atoms with Crippen LogP contribution in [0.3, 0.4) is 0 Å². The number of hydrogen-bond acceptors (Lipinski definition) is 3. The van der Waals surface area contributed by atoms with Crippen LogP contribution in [0, 0.1) is 5.92 Å². The standard InChI is InChI=1S/C14H21NO2/c1-4-10(5-2)14(16)11-7-8-13(17-6-3)12(15)9-11/h7-10H,4-6,15H2,1-3H3. The first-order chi connectivity index (χ1) is 8.13. The molecule has 0 aliphatic heterocycles. The van der Waals surface area contributed by atoms with Gasteiger partial charge in [-0.15, -0.1) is 0 Å². The third-order valence-electron chi connectivity index (χ3n) is 2.95. The van der Waals surface area contributed by atoms with Crippen molar-refractivity contribution in [1.82, 2.24) is 0 Å². The molecule has 0 radical (unpaired) electrons. The van der Waals surface area contributed by atoms with Gasteiger partial charge in [0.1, 0.15) is 5.75 Å². The summed E-state index contributed by atoms with van der Waals surface area (Å²) in [6.45, 7) is 6.54. The topological polar surface area (TPSA) is 52.3 Å². The second-order valence-electron chi connectivity index (χ2n) is 4.06. The fraction of sp³-hybridized carbons (Fsp3) is 0.500. The molecule has 0 atom stereocenters. The SMILES string of the molecule is CCOc1ccc(C(=O)C(CC)CC)cc1N. The fourth-order valence-electron chi connectivity index (χ4n) is 1.88. The third-order valence-corrected chi connectivity index (χ3v) is 2.95. The van der Waals surface area contributed by atoms with Crippen molar-refractivity contribution in [2.75, 3.05) is 12.3 Å². The molecule has 0 aromatic heterocycles. The van der Waals surface area contributed by atoms with Gasteiger partial charge in [0, 0.05) is 11.5 Å². The number of rotatable bonds is 6. The van der Waals surface area contributed by atoms with Gasteiger partial charge in [-0.25, -0.2) is 0 Å². The van der Waals surface area contributed by atoms with Crippen molar-refractivity contribution in [2.45, 2.75) is 33.6 Å². The number of ketones is 1. The van der Waals surface area contributed by atoms with Crippen LogP contribution in [0.5, 0.6) is 5.75 Å². The Hall–Kier alpha value is -1.51. The van der Waals surface area contributed by atoms with Gasteiger partial charge >= 0.3 is 0 Å². The number of carbonyl (C=O) groups is 1. The van der Waals surface area contributed by atoms with Crippen LogP contribution in [0.4, 0.5) is 5.69 Å². The van der Waals surface area contributed by atoms with Crippen LogP contribution in [0.15, 0.2) is 18.2 Å². The average molecular weight is 235 g/mol. The van der Waals surface area contributed by atoms with Gasteiger partial charge in [0.05, 0.1) is 12.3 Å². The molecular formula is C14H21NO2. The lowest BCUT2D eigenvalue weighted by molar-refractivity contribution is 0.0913. The molecule has 2 N–H and O–H groups in total. The molecular weight excluding hydrogens is 214 g/mol. The van der Waals surface area contributed by atoms with Crippen LogP contribution < -0.4 is 10.5 Å². The predicted molar refractivity (Wildman–Crippen MR) is 70.4 cm³/mol. The molecule has 0 fully saturated rings. The monoisotopic (exact) mass is 235 g/mol. The summed E-state index contributed by atoms with van der Waals surface area (Å²) in [5.41, 5.74) is 7.06. The van der Waals surface area contributed by atoms with Crippen LogP contribution in [0.25, 0.3) is 0 Å². The number of carbonyl (C=O) groups excluding carboxylic acids is 1. The van der Waals surface area contributed by atoms with E-state index in [0.717, 1.165) is 12.8 Å². The quantitative estimate of drug-likeness (QED) is 0.608. The van der Waals surface area contributed by atoms with Crippen molar-refractivity contribution in [1.29, 1.82) is 0 Å². The van der Waals surface area contributed by atoms with E-state index in [-0.39, 0.29) is 11.7 Å². The maximum atomic E-state index is 12.1. The zero-order valence-corrected chi connectivity index (χ0v) is 10.8. The molecule has 0 aliphatic carbocycles. The molecule has 1 rings (SSSR count). The number of Topliss-reactive ketones (excluding diaryl/α,β-unsaturated/α-hetero) is 1. The summed E-state index contributed by atoms with van der Waals surface area (Å²) in [7, 11) is 0. The zero-order valence-electron chi connectivity index (χ0n) is 10.8. The van der Waals surface area contributed by atoms with Crippen molar-refractivity contribution in [2.24, 2.45) is 5.92 Å². The van der Waals surface area contributed by atoms with E-state index in [2.05, 4.69) is 0 Å². The molecule has 0 bridgehead atoms. The Bertz CT molecular complexity index is 384. The van der Waals surface area contributed by atoms with Crippen molar-refractivity contribution < 1.29 is 9.53 Å². The van der Waals surface area contributed by atoms with Gasteiger partial charge < -0.3 is 10.5 Å². The number of ether oxygens (including phenoxy) is 1. The molecule has 3 nitrogen and oxygen atoms in total. The summed E-state index contributed by atoms with van der Waals surface area (Å²) in [6, 6.07) is 5.28. The summed E-state index contributed by atoms with van der Waals surface area (Å²) in [4.78, 5) is 12.1. The molecule has 0 amide bonds. The fourth-order valence-corrected chi connectivity index (χ4v) is 1.88. The van der Waals surface area contributed by atoms with Gasteiger partial charge in [-0.3, -0.25) is 4.79 Å². The van der Waals surface area contributed by atoms with E-state index in [1.54, 1.807) is 18.2 Å². The highest BCUT2D eigenvalue weighted by atomic mass is 16.5. The summed E-state index contributed by atoms with van der Waals surface area (Å²) < 4.78 is 5.35. The van der Waals surface area contributed by atoms with E-state index in [0.29, 0.717) is 23.6 Å². The number of hydrogen-bond donors (Lipinski definition) is 1. The molecule has 0 saturated heterocycles. The lowest BCUT2D eigenvalue weighted by Crippen LogP contribution is -2.13. The van der Waals surface area contributed by atoms with Crippen LogP contribution in [-0.4, -0.2) is 12.4 Å². The Labute approximate surface area is 103 Å². The molecule has 3 heteroatoms. The van der Waals surface area contributed by atoms with Gasteiger partial charge in [0.2, 0.25) is 0 Å². The number of anilines is 1. The normalized spacial score (nSPS) is 10.6. The zero-order chi connectivity index (χ0) is 12.8. The molecule has 0 heterocycles. The first kappa shape index (κ1) is 13.6. The highest BCUT2D eigenvalue weighted by Gasteiger charge is 2.17. The summed E-state index contributed by atoms with van der Waals surface area (Å²) in [5, 5.41) is 0. The molecule has 1 aromatic rings.